The molecule has 9 heteroatoms. The third-order valence-corrected chi connectivity index (χ3v) is 5.36. The lowest BCUT2D eigenvalue weighted by Gasteiger charge is -2.27. The maximum Gasteiger partial charge on any atom is 0.224 e. The Labute approximate surface area is 180 Å². The molecule has 8 nitrogen and oxygen atoms in total. The maximum absolute atomic E-state index is 13.0. The van der Waals surface area contributed by atoms with Crippen LogP contribution in [0, 0.1) is 19.7 Å². The summed E-state index contributed by atoms with van der Waals surface area (Å²) in [5, 5.41) is 7.44. The van der Waals surface area contributed by atoms with Gasteiger partial charge in [-0.15, -0.1) is 0 Å². The van der Waals surface area contributed by atoms with E-state index in [0.717, 1.165) is 35.9 Å². The normalized spacial score (nSPS) is 14.0. The standard InChI is InChI=1S/C22H25FN6O2/c1-15-19(7-8-22(30)26-18-5-3-17(23)4-6-18)16(2)29(27-15)21-13-20(24-14-25-21)28-9-11-31-12-10-28/h3-6,13-14H,7-12H2,1-2H3,(H,26,30). The summed E-state index contributed by atoms with van der Waals surface area (Å²) in [5.41, 5.74) is 3.39. The van der Waals surface area contributed by atoms with Crippen LogP contribution in [0.3, 0.4) is 0 Å². The van der Waals surface area contributed by atoms with Crippen LogP contribution in [0.15, 0.2) is 36.7 Å². The number of anilines is 2. The SMILES string of the molecule is Cc1nn(-c2cc(N3CCOCC3)ncn2)c(C)c1CCC(=O)Nc1ccc(F)cc1. The van der Waals surface area contributed by atoms with Gasteiger partial charge < -0.3 is 15.0 Å². The summed E-state index contributed by atoms with van der Waals surface area (Å²) in [7, 11) is 0. The Bertz CT molecular complexity index is 1060. The van der Waals surface area contributed by atoms with Crippen molar-refractivity contribution < 1.29 is 13.9 Å². The fraction of sp³-hybridized carbons (Fsp3) is 0.364. The molecule has 31 heavy (non-hydrogen) atoms. The summed E-state index contributed by atoms with van der Waals surface area (Å²) in [6.07, 6.45) is 2.39. The van der Waals surface area contributed by atoms with Crippen molar-refractivity contribution in [2.75, 3.05) is 36.5 Å². The van der Waals surface area contributed by atoms with E-state index in [4.69, 9.17) is 4.74 Å². The van der Waals surface area contributed by atoms with Gasteiger partial charge in [0.2, 0.25) is 5.91 Å². The highest BCUT2D eigenvalue weighted by Crippen LogP contribution is 2.21. The van der Waals surface area contributed by atoms with Gasteiger partial charge in [-0.25, -0.2) is 19.0 Å². The van der Waals surface area contributed by atoms with E-state index >= 15 is 0 Å². The third kappa shape index (κ3) is 4.88. The number of nitrogens with one attached hydrogen (secondary N) is 1. The van der Waals surface area contributed by atoms with Crippen LogP contribution >= 0.6 is 0 Å². The second kappa shape index (κ2) is 9.22. The molecule has 1 saturated heterocycles. The van der Waals surface area contributed by atoms with Crippen molar-refractivity contribution in [3.8, 4) is 5.82 Å². The molecule has 0 unspecified atom stereocenters. The van der Waals surface area contributed by atoms with E-state index in [0.29, 0.717) is 37.6 Å². The van der Waals surface area contributed by atoms with E-state index < -0.39 is 0 Å². The van der Waals surface area contributed by atoms with Crippen molar-refractivity contribution in [3.63, 3.8) is 0 Å². The number of aromatic nitrogens is 4. The van der Waals surface area contributed by atoms with Crippen LogP contribution in [0.25, 0.3) is 5.82 Å². The molecule has 1 fully saturated rings. The van der Waals surface area contributed by atoms with Crippen molar-refractivity contribution >= 4 is 17.4 Å². The van der Waals surface area contributed by atoms with Gasteiger partial charge in [0.05, 0.1) is 18.9 Å². The first-order valence-electron chi connectivity index (χ1n) is 10.3. The fourth-order valence-corrected chi connectivity index (χ4v) is 3.67. The van der Waals surface area contributed by atoms with Crippen molar-refractivity contribution in [1.82, 2.24) is 19.7 Å². The molecule has 0 radical (unpaired) electrons. The minimum atomic E-state index is -0.335. The Hall–Kier alpha value is -3.33. The molecule has 0 bridgehead atoms. The number of morpholine rings is 1. The van der Waals surface area contributed by atoms with Gasteiger partial charge in [0.15, 0.2) is 5.82 Å². The molecular formula is C22H25FN6O2. The highest BCUT2D eigenvalue weighted by atomic mass is 19.1. The van der Waals surface area contributed by atoms with Crippen molar-refractivity contribution in [2.45, 2.75) is 26.7 Å². The lowest BCUT2D eigenvalue weighted by Crippen LogP contribution is -2.36. The number of rotatable bonds is 6. The fourth-order valence-electron chi connectivity index (χ4n) is 3.67. The zero-order chi connectivity index (χ0) is 21.8. The molecule has 4 rings (SSSR count). The molecule has 1 aromatic carbocycles. The first-order chi connectivity index (χ1) is 15.0. The van der Waals surface area contributed by atoms with Gasteiger partial charge in [-0.05, 0) is 50.1 Å². The highest BCUT2D eigenvalue weighted by Gasteiger charge is 2.18. The summed E-state index contributed by atoms with van der Waals surface area (Å²) in [4.78, 5) is 23.3. The van der Waals surface area contributed by atoms with Crippen LogP contribution in [0.4, 0.5) is 15.9 Å². The number of carbonyl (C=O) groups excluding carboxylic acids is 1. The predicted molar refractivity (Wildman–Crippen MR) is 115 cm³/mol. The summed E-state index contributed by atoms with van der Waals surface area (Å²) in [6.45, 7) is 6.86. The Morgan fingerprint density at radius 1 is 1.13 bits per heavy atom. The van der Waals surface area contributed by atoms with Gasteiger partial charge in [-0.2, -0.15) is 5.10 Å². The average molecular weight is 424 g/mol. The quantitative estimate of drug-likeness (QED) is 0.655. The van der Waals surface area contributed by atoms with Crippen LogP contribution in [0.1, 0.15) is 23.4 Å². The lowest BCUT2D eigenvalue weighted by atomic mass is 10.1. The summed E-state index contributed by atoms with van der Waals surface area (Å²) in [6, 6.07) is 7.66. The number of amides is 1. The first-order valence-corrected chi connectivity index (χ1v) is 10.3. The van der Waals surface area contributed by atoms with Crippen LogP contribution in [0.2, 0.25) is 0 Å². The zero-order valence-corrected chi connectivity index (χ0v) is 17.6. The number of hydrogen-bond acceptors (Lipinski definition) is 6. The molecule has 0 saturated carbocycles. The molecule has 1 aliphatic rings. The third-order valence-electron chi connectivity index (χ3n) is 5.36. The molecule has 1 N–H and O–H groups in total. The number of halogens is 1. The molecule has 0 spiro atoms. The van der Waals surface area contributed by atoms with Gasteiger partial charge >= 0.3 is 0 Å². The summed E-state index contributed by atoms with van der Waals surface area (Å²) >= 11 is 0. The number of nitrogens with zero attached hydrogens (tertiary/aromatic N) is 5. The van der Waals surface area contributed by atoms with Crippen LogP contribution in [0.5, 0.6) is 0 Å². The van der Waals surface area contributed by atoms with Gasteiger partial charge in [0.1, 0.15) is 18.0 Å². The number of benzene rings is 1. The van der Waals surface area contributed by atoms with Gasteiger partial charge in [0.25, 0.3) is 0 Å². The van der Waals surface area contributed by atoms with Crippen molar-refractivity contribution in [1.29, 1.82) is 0 Å². The molecule has 2 aromatic heterocycles. The largest absolute Gasteiger partial charge is 0.378 e. The molecule has 162 valence electrons. The van der Waals surface area contributed by atoms with Gasteiger partial charge in [-0.3, -0.25) is 4.79 Å². The molecular weight excluding hydrogens is 399 g/mol. The van der Waals surface area contributed by atoms with Crippen molar-refractivity contribution in [3.05, 3.63) is 59.4 Å². The second-order valence-corrected chi connectivity index (χ2v) is 7.45. The van der Waals surface area contributed by atoms with E-state index in [9.17, 15) is 9.18 Å². The van der Waals surface area contributed by atoms with E-state index in [2.05, 4.69) is 25.3 Å². The molecule has 3 heterocycles. The average Bonchev–Trinajstić information content (AvgIpc) is 3.08. The van der Waals surface area contributed by atoms with E-state index in [-0.39, 0.29) is 11.7 Å². The number of hydrogen-bond donors (Lipinski definition) is 1. The molecule has 0 aliphatic carbocycles. The number of aryl methyl sites for hydroxylation is 1. The molecule has 1 aliphatic heterocycles. The minimum Gasteiger partial charge on any atom is -0.378 e. The topological polar surface area (TPSA) is 85.2 Å². The Kier molecular flexibility index (Phi) is 6.22. The molecule has 0 atom stereocenters. The first kappa shape index (κ1) is 20.9. The predicted octanol–water partition coefficient (Wildman–Crippen LogP) is 2.83. The lowest BCUT2D eigenvalue weighted by molar-refractivity contribution is -0.116. The summed E-state index contributed by atoms with van der Waals surface area (Å²) in [5.74, 6) is 1.08. The smallest absolute Gasteiger partial charge is 0.224 e. The number of ether oxygens (including phenoxy) is 1. The monoisotopic (exact) mass is 424 g/mol. The second-order valence-electron chi connectivity index (χ2n) is 7.45. The van der Waals surface area contributed by atoms with Crippen molar-refractivity contribution in [2.24, 2.45) is 0 Å². The highest BCUT2D eigenvalue weighted by molar-refractivity contribution is 5.90. The van der Waals surface area contributed by atoms with E-state index in [1.165, 1.54) is 12.1 Å². The van der Waals surface area contributed by atoms with E-state index in [1.54, 1.807) is 23.1 Å². The minimum absolute atomic E-state index is 0.130. The van der Waals surface area contributed by atoms with Crippen LogP contribution in [-0.2, 0) is 16.0 Å². The van der Waals surface area contributed by atoms with E-state index in [1.807, 2.05) is 19.9 Å². The Balaban J connectivity index is 1.46. The summed E-state index contributed by atoms with van der Waals surface area (Å²) < 4.78 is 20.2. The van der Waals surface area contributed by atoms with Gasteiger partial charge in [-0.1, -0.05) is 0 Å². The molecule has 3 aromatic rings. The zero-order valence-electron chi connectivity index (χ0n) is 17.6. The number of carbonyl (C=O) groups is 1. The Morgan fingerprint density at radius 2 is 1.84 bits per heavy atom. The maximum atomic E-state index is 13.0. The van der Waals surface area contributed by atoms with Gasteiger partial charge in [0, 0.05) is 37.0 Å². The Morgan fingerprint density at radius 3 is 2.58 bits per heavy atom. The van der Waals surface area contributed by atoms with Crippen LogP contribution in [-0.4, -0.2) is 52.0 Å². The molecule has 1 amide bonds. The van der Waals surface area contributed by atoms with Crippen LogP contribution < -0.4 is 10.2 Å².